The Morgan fingerprint density at radius 3 is 2.55 bits per heavy atom. The highest BCUT2D eigenvalue weighted by atomic mass is 32.2. The monoisotopic (exact) mass is 483 g/mol. The van der Waals surface area contributed by atoms with E-state index in [0.717, 1.165) is 29.5 Å². The maximum absolute atomic E-state index is 13.3. The summed E-state index contributed by atoms with van der Waals surface area (Å²) < 4.78 is 29.2. The number of thiazole rings is 1. The van der Waals surface area contributed by atoms with E-state index in [9.17, 15) is 13.2 Å². The van der Waals surface area contributed by atoms with Crippen LogP contribution in [0, 0.1) is 5.92 Å². The second-order valence-electron chi connectivity index (χ2n) is 8.86. The predicted octanol–water partition coefficient (Wildman–Crippen LogP) is 4.63. The summed E-state index contributed by atoms with van der Waals surface area (Å²) in [6.07, 6.45) is 5.34. The molecule has 1 aliphatic carbocycles. The third-order valence-electron chi connectivity index (χ3n) is 6.86. The Kier molecular flexibility index (Phi) is 6.24. The number of carbonyl (C=O) groups is 1. The topological polar surface area (TPSA) is 70.6 Å². The number of fused-ring (bicyclic) bond motifs is 2. The molecule has 0 unspecified atom stereocenters. The Bertz CT molecular complexity index is 1240. The lowest BCUT2D eigenvalue weighted by Crippen LogP contribution is -2.44. The van der Waals surface area contributed by atoms with Gasteiger partial charge in [-0.25, -0.2) is 13.4 Å². The number of hydrogen-bond donors (Lipinski definition) is 0. The van der Waals surface area contributed by atoms with Gasteiger partial charge in [-0.15, -0.1) is 0 Å². The van der Waals surface area contributed by atoms with Crippen molar-refractivity contribution in [3.63, 3.8) is 0 Å². The van der Waals surface area contributed by atoms with E-state index in [1.165, 1.54) is 28.9 Å². The Balaban J connectivity index is 1.28. The van der Waals surface area contributed by atoms with E-state index in [4.69, 9.17) is 0 Å². The fraction of sp³-hybridized carbons (Fsp3) is 0.440. The number of para-hydroxylation sites is 1. The zero-order valence-electron chi connectivity index (χ0n) is 18.9. The van der Waals surface area contributed by atoms with Crippen LogP contribution in [0.4, 0.5) is 5.13 Å². The minimum atomic E-state index is -3.54. The third kappa shape index (κ3) is 4.32. The van der Waals surface area contributed by atoms with Crippen molar-refractivity contribution in [2.24, 2.45) is 5.92 Å². The largest absolute Gasteiger partial charge is 0.288 e. The van der Waals surface area contributed by atoms with Gasteiger partial charge in [0.1, 0.15) is 0 Å². The number of amides is 1. The summed E-state index contributed by atoms with van der Waals surface area (Å²) in [5.74, 6) is -0.144. The van der Waals surface area contributed by atoms with Gasteiger partial charge in [0.25, 0.3) is 0 Å². The molecule has 1 amide bonds. The van der Waals surface area contributed by atoms with E-state index in [1.54, 1.807) is 15.3 Å². The second kappa shape index (κ2) is 9.16. The van der Waals surface area contributed by atoms with Crippen LogP contribution in [0.25, 0.3) is 10.2 Å². The van der Waals surface area contributed by atoms with Crippen molar-refractivity contribution >= 4 is 42.6 Å². The van der Waals surface area contributed by atoms with Gasteiger partial charge in [0, 0.05) is 25.6 Å². The molecular formula is C25H29N3O3S2. The molecule has 2 aromatic carbocycles. The van der Waals surface area contributed by atoms with Gasteiger partial charge < -0.3 is 0 Å². The molecule has 0 N–H and O–H groups in total. The standard InChI is InChI=1S/C25H29N3O3S2/c1-2-28(25-26-22-9-5-6-10-23(22)32-25)24(29)19-13-15-27(16-14-19)33(30,31)21-12-11-18-7-3-4-8-20(18)17-21/h5-6,9-12,17,19H,2-4,7-8,13-16H2,1H3. The quantitative estimate of drug-likeness (QED) is 0.531. The number of sulfonamides is 1. The minimum absolute atomic E-state index is 0.0439. The summed E-state index contributed by atoms with van der Waals surface area (Å²) in [6, 6.07) is 13.5. The van der Waals surface area contributed by atoms with Crippen LogP contribution in [0.1, 0.15) is 43.7 Å². The summed E-state index contributed by atoms with van der Waals surface area (Å²) >= 11 is 1.52. The van der Waals surface area contributed by atoms with Gasteiger partial charge in [-0.1, -0.05) is 29.5 Å². The molecule has 1 aromatic heterocycles. The van der Waals surface area contributed by atoms with Crippen LogP contribution in [-0.2, 0) is 27.7 Å². The van der Waals surface area contributed by atoms with Crippen molar-refractivity contribution < 1.29 is 13.2 Å². The van der Waals surface area contributed by atoms with Gasteiger partial charge in [0.2, 0.25) is 15.9 Å². The van der Waals surface area contributed by atoms with E-state index in [-0.39, 0.29) is 11.8 Å². The second-order valence-corrected chi connectivity index (χ2v) is 11.8. The Morgan fingerprint density at radius 1 is 1.09 bits per heavy atom. The molecule has 8 heteroatoms. The van der Waals surface area contributed by atoms with Gasteiger partial charge in [-0.05, 0) is 80.8 Å². The molecule has 33 heavy (non-hydrogen) atoms. The van der Waals surface area contributed by atoms with E-state index >= 15 is 0 Å². The van der Waals surface area contributed by atoms with Crippen LogP contribution >= 0.6 is 11.3 Å². The van der Waals surface area contributed by atoms with Crippen molar-refractivity contribution in [1.82, 2.24) is 9.29 Å². The number of piperidine rings is 1. The number of aromatic nitrogens is 1. The van der Waals surface area contributed by atoms with Crippen LogP contribution in [0.3, 0.4) is 0 Å². The van der Waals surface area contributed by atoms with Crippen LogP contribution < -0.4 is 4.90 Å². The Hall–Kier alpha value is -2.29. The van der Waals surface area contributed by atoms with Crippen molar-refractivity contribution in [3.05, 3.63) is 53.6 Å². The first-order valence-corrected chi connectivity index (χ1v) is 14.0. The number of carbonyl (C=O) groups excluding carboxylic acids is 1. The minimum Gasteiger partial charge on any atom is -0.288 e. The maximum Gasteiger partial charge on any atom is 0.243 e. The van der Waals surface area contributed by atoms with Crippen molar-refractivity contribution in [2.45, 2.75) is 50.3 Å². The zero-order chi connectivity index (χ0) is 23.0. The molecule has 0 spiro atoms. The van der Waals surface area contributed by atoms with Gasteiger partial charge in [0.15, 0.2) is 5.13 Å². The van der Waals surface area contributed by atoms with Gasteiger partial charge in [-0.2, -0.15) is 4.31 Å². The van der Waals surface area contributed by atoms with Crippen LogP contribution in [0.15, 0.2) is 47.4 Å². The lowest BCUT2D eigenvalue weighted by molar-refractivity contribution is -0.123. The SMILES string of the molecule is CCN(C(=O)C1CCN(S(=O)(=O)c2ccc3c(c2)CCCC3)CC1)c1nc2ccccc2s1. The summed E-state index contributed by atoms with van der Waals surface area (Å²) in [5.41, 5.74) is 3.34. The fourth-order valence-electron chi connectivity index (χ4n) is 4.94. The highest BCUT2D eigenvalue weighted by Crippen LogP contribution is 2.32. The summed E-state index contributed by atoms with van der Waals surface area (Å²) in [4.78, 5) is 20.1. The molecule has 0 saturated carbocycles. The van der Waals surface area contributed by atoms with Crippen LogP contribution in [0.2, 0.25) is 0 Å². The van der Waals surface area contributed by atoms with E-state index in [2.05, 4.69) is 4.98 Å². The zero-order valence-corrected chi connectivity index (χ0v) is 20.5. The molecular weight excluding hydrogens is 454 g/mol. The molecule has 3 aromatic rings. The lowest BCUT2D eigenvalue weighted by Gasteiger charge is -2.33. The molecule has 6 nitrogen and oxygen atoms in total. The van der Waals surface area contributed by atoms with E-state index in [1.807, 2.05) is 43.3 Å². The van der Waals surface area contributed by atoms with Crippen molar-refractivity contribution in [2.75, 3.05) is 24.5 Å². The van der Waals surface area contributed by atoms with Gasteiger partial charge in [-0.3, -0.25) is 9.69 Å². The van der Waals surface area contributed by atoms with Gasteiger partial charge in [0.05, 0.1) is 15.1 Å². The molecule has 1 saturated heterocycles. The number of nitrogens with zero attached hydrogens (tertiary/aromatic N) is 3. The molecule has 0 atom stereocenters. The smallest absolute Gasteiger partial charge is 0.243 e. The van der Waals surface area contributed by atoms with Crippen LogP contribution in [-0.4, -0.2) is 43.2 Å². The molecule has 1 fully saturated rings. The third-order valence-corrected chi connectivity index (χ3v) is 9.81. The summed E-state index contributed by atoms with van der Waals surface area (Å²) in [6.45, 7) is 3.24. The van der Waals surface area contributed by atoms with Crippen molar-refractivity contribution in [3.8, 4) is 0 Å². The number of benzene rings is 2. The van der Waals surface area contributed by atoms with Gasteiger partial charge >= 0.3 is 0 Å². The highest BCUT2D eigenvalue weighted by molar-refractivity contribution is 7.89. The Labute approximate surface area is 199 Å². The molecule has 2 aliphatic rings. The average molecular weight is 484 g/mol. The highest BCUT2D eigenvalue weighted by Gasteiger charge is 2.34. The Morgan fingerprint density at radius 2 is 1.82 bits per heavy atom. The molecule has 0 bridgehead atoms. The predicted molar refractivity (Wildman–Crippen MR) is 132 cm³/mol. The first kappa shape index (κ1) is 22.5. The fourth-order valence-corrected chi connectivity index (χ4v) is 7.50. The number of aryl methyl sites for hydroxylation is 2. The summed E-state index contributed by atoms with van der Waals surface area (Å²) in [5, 5.41) is 0.716. The number of rotatable bonds is 5. The number of hydrogen-bond acceptors (Lipinski definition) is 5. The number of anilines is 1. The first-order chi connectivity index (χ1) is 16.0. The van der Waals surface area contributed by atoms with E-state index in [0.29, 0.717) is 42.5 Å². The normalized spacial score (nSPS) is 17.7. The molecule has 174 valence electrons. The van der Waals surface area contributed by atoms with Crippen molar-refractivity contribution in [1.29, 1.82) is 0 Å². The molecule has 5 rings (SSSR count). The maximum atomic E-state index is 13.3. The van der Waals surface area contributed by atoms with E-state index < -0.39 is 10.0 Å². The molecule has 0 radical (unpaired) electrons. The lowest BCUT2D eigenvalue weighted by atomic mass is 9.92. The molecule has 2 heterocycles. The van der Waals surface area contributed by atoms with Crippen LogP contribution in [0.5, 0.6) is 0 Å². The molecule has 1 aliphatic heterocycles. The summed E-state index contributed by atoms with van der Waals surface area (Å²) in [7, 11) is -3.54. The average Bonchev–Trinajstić information content (AvgIpc) is 3.28. The first-order valence-electron chi connectivity index (χ1n) is 11.8.